The lowest BCUT2D eigenvalue weighted by Crippen LogP contribution is -2.09. The van der Waals surface area contributed by atoms with Crippen LogP contribution in [0.15, 0.2) is 17.2 Å². The molecule has 0 radical (unpaired) electrons. The van der Waals surface area contributed by atoms with E-state index in [0.29, 0.717) is 13.2 Å². The van der Waals surface area contributed by atoms with Crippen molar-refractivity contribution in [2.45, 2.75) is 13.8 Å². The van der Waals surface area contributed by atoms with Gasteiger partial charge in [0.15, 0.2) is 0 Å². The van der Waals surface area contributed by atoms with Crippen LogP contribution in [0.2, 0.25) is 4.34 Å². The molecule has 0 saturated carbocycles. The number of halogens is 1. The number of thiophene rings is 1. The van der Waals surface area contributed by atoms with Crippen LogP contribution >= 0.6 is 29.6 Å². The molecule has 96 valence electrons. The first-order valence-electron chi connectivity index (χ1n) is 5.04. The van der Waals surface area contributed by atoms with Gasteiger partial charge in [-0.1, -0.05) is 11.6 Å². The highest BCUT2D eigenvalue weighted by Gasteiger charge is 2.16. The lowest BCUT2D eigenvalue weighted by molar-refractivity contribution is 0.259. The summed E-state index contributed by atoms with van der Waals surface area (Å²) in [6.45, 7) is 2.22. The molecule has 1 rings (SSSR count). The van der Waals surface area contributed by atoms with E-state index in [1.165, 1.54) is 11.3 Å². The Morgan fingerprint density at radius 3 is 2.59 bits per heavy atom. The molecule has 1 N–H and O–H groups in total. The van der Waals surface area contributed by atoms with Crippen LogP contribution in [0.25, 0.3) is 0 Å². The molecule has 0 aliphatic heterocycles. The molecule has 1 aromatic rings. The normalized spacial score (nSPS) is 12.2. The minimum atomic E-state index is -2.49. The molecule has 0 aromatic carbocycles. The summed E-state index contributed by atoms with van der Waals surface area (Å²) >= 11 is 12.5. The average molecular weight is 313 g/mol. The van der Waals surface area contributed by atoms with Crippen LogP contribution < -0.4 is 5.20 Å². The van der Waals surface area contributed by atoms with Crippen molar-refractivity contribution in [2.75, 3.05) is 13.2 Å². The van der Waals surface area contributed by atoms with E-state index < -0.39 is 6.64 Å². The molecule has 1 aromatic heterocycles. The maximum absolute atomic E-state index is 5.80. The summed E-state index contributed by atoms with van der Waals surface area (Å²) in [6.07, 6.45) is 1.65. The lowest BCUT2D eigenvalue weighted by Gasteiger charge is -2.19. The zero-order chi connectivity index (χ0) is 12.7. The SMILES string of the molecule is CCOP(=S)(NN=Cc1ccc(Cl)s1)OCC. The largest absolute Gasteiger partial charge is 0.313 e. The Bertz CT molecular complexity index is 415. The van der Waals surface area contributed by atoms with E-state index in [9.17, 15) is 0 Å². The van der Waals surface area contributed by atoms with E-state index in [1.54, 1.807) is 6.21 Å². The molecule has 0 amide bonds. The summed E-state index contributed by atoms with van der Waals surface area (Å²) in [4.78, 5) is 0.942. The van der Waals surface area contributed by atoms with Crippen molar-refractivity contribution in [3.05, 3.63) is 21.3 Å². The standard InChI is InChI=1S/C9H14ClN2O2PS2/c1-3-13-15(16,14-4-2)12-11-7-8-5-6-9(10)17-8/h5-7H,3-4H2,1-2H3,(H,12,16). The zero-order valence-corrected chi connectivity index (χ0v) is 12.8. The van der Waals surface area contributed by atoms with E-state index in [-0.39, 0.29) is 0 Å². The van der Waals surface area contributed by atoms with E-state index in [0.717, 1.165) is 9.21 Å². The Morgan fingerprint density at radius 2 is 2.12 bits per heavy atom. The number of nitrogens with zero attached hydrogens (tertiary/aromatic N) is 1. The molecule has 0 fully saturated rings. The number of nitrogens with one attached hydrogen (secondary N) is 1. The molecule has 0 aliphatic rings. The fraction of sp³-hybridized carbons (Fsp3) is 0.444. The number of hydrogen-bond acceptors (Lipinski definition) is 5. The second-order valence-electron chi connectivity index (χ2n) is 2.83. The quantitative estimate of drug-likeness (QED) is 0.474. The van der Waals surface area contributed by atoms with Gasteiger partial charge in [-0.25, -0.2) is 5.20 Å². The molecule has 4 nitrogen and oxygen atoms in total. The van der Waals surface area contributed by atoms with Crippen LogP contribution in [0.3, 0.4) is 0 Å². The first-order chi connectivity index (χ1) is 8.09. The van der Waals surface area contributed by atoms with Gasteiger partial charge in [-0.05, 0) is 37.8 Å². The van der Waals surface area contributed by atoms with Crippen molar-refractivity contribution in [3.63, 3.8) is 0 Å². The average Bonchev–Trinajstić information content (AvgIpc) is 2.65. The topological polar surface area (TPSA) is 42.8 Å². The Labute approximate surface area is 115 Å². The minimum absolute atomic E-state index is 0.491. The highest BCUT2D eigenvalue weighted by molar-refractivity contribution is 8.08. The van der Waals surface area contributed by atoms with Crippen molar-refractivity contribution in [3.8, 4) is 0 Å². The number of rotatable bonds is 7. The van der Waals surface area contributed by atoms with Gasteiger partial charge in [0.25, 0.3) is 0 Å². The van der Waals surface area contributed by atoms with Gasteiger partial charge in [-0.3, -0.25) is 0 Å². The predicted octanol–water partition coefficient (Wildman–Crippen LogP) is 3.62. The molecule has 8 heteroatoms. The Morgan fingerprint density at radius 1 is 1.47 bits per heavy atom. The van der Waals surface area contributed by atoms with Crippen molar-refractivity contribution < 1.29 is 9.05 Å². The zero-order valence-electron chi connectivity index (χ0n) is 9.55. The monoisotopic (exact) mass is 312 g/mol. The van der Waals surface area contributed by atoms with E-state index >= 15 is 0 Å². The van der Waals surface area contributed by atoms with Gasteiger partial charge in [0.1, 0.15) is 0 Å². The fourth-order valence-corrected chi connectivity index (χ4v) is 3.77. The summed E-state index contributed by atoms with van der Waals surface area (Å²) < 4.78 is 11.5. The molecule has 17 heavy (non-hydrogen) atoms. The van der Waals surface area contributed by atoms with Gasteiger partial charge < -0.3 is 9.05 Å². The first kappa shape index (κ1) is 15.1. The van der Waals surface area contributed by atoms with Crippen molar-refractivity contribution >= 4 is 47.6 Å². The third-order valence-corrected chi connectivity index (χ3v) is 5.16. The second-order valence-corrected chi connectivity index (χ2v) is 7.73. The number of hydrazone groups is 1. The fourth-order valence-electron chi connectivity index (χ4n) is 0.996. The number of hydrogen-bond donors (Lipinski definition) is 1. The smallest absolute Gasteiger partial charge is 0.303 e. The minimum Gasteiger partial charge on any atom is -0.313 e. The third kappa shape index (κ3) is 5.46. The molecular weight excluding hydrogens is 299 g/mol. The summed E-state index contributed by atoms with van der Waals surface area (Å²) in [5.41, 5.74) is 0. The van der Waals surface area contributed by atoms with Gasteiger partial charge >= 0.3 is 6.64 Å². The van der Waals surface area contributed by atoms with Gasteiger partial charge in [-0.2, -0.15) is 5.10 Å². The summed E-state index contributed by atoms with van der Waals surface area (Å²) in [5.74, 6) is 0. The lowest BCUT2D eigenvalue weighted by atomic mass is 10.5. The maximum Gasteiger partial charge on any atom is 0.303 e. The maximum atomic E-state index is 5.80. The highest BCUT2D eigenvalue weighted by Crippen LogP contribution is 2.43. The third-order valence-electron chi connectivity index (χ3n) is 1.56. The van der Waals surface area contributed by atoms with Crippen LogP contribution in [0.4, 0.5) is 0 Å². The van der Waals surface area contributed by atoms with E-state index in [4.69, 9.17) is 32.5 Å². The highest BCUT2D eigenvalue weighted by atomic mass is 35.5. The van der Waals surface area contributed by atoms with Crippen molar-refractivity contribution in [1.82, 2.24) is 5.20 Å². The van der Waals surface area contributed by atoms with E-state index in [1.807, 2.05) is 26.0 Å². The Kier molecular flexibility index (Phi) is 6.62. The van der Waals surface area contributed by atoms with Crippen molar-refractivity contribution in [2.24, 2.45) is 5.10 Å². The molecule has 0 spiro atoms. The van der Waals surface area contributed by atoms with Crippen LogP contribution in [0, 0.1) is 0 Å². The molecule has 0 atom stereocenters. The second kappa shape index (κ2) is 7.46. The Hall–Kier alpha value is 0.0300. The predicted molar refractivity (Wildman–Crippen MR) is 77.6 cm³/mol. The molecule has 0 bridgehead atoms. The first-order valence-corrected chi connectivity index (χ1v) is 8.87. The summed E-state index contributed by atoms with van der Waals surface area (Å²) in [7, 11) is 0. The van der Waals surface area contributed by atoms with Crippen LogP contribution in [-0.2, 0) is 20.9 Å². The van der Waals surface area contributed by atoms with Crippen LogP contribution in [0.1, 0.15) is 18.7 Å². The van der Waals surface area contributed by atoms with Crippen molar-refractivity contribution in [1.29, 1.82) is 0 Å². The van der Waals surface area contributed by atoms with Crippen LogP contribution in [0.5, 0.6) is 0 Å². The molecule has 0 unspecified atom stereocenters. The molecule has 0 saturated heterocycles. The van der Waals surface area contributed by atoms with Gasteiger partial charge in [0.2, 0.25) is 0 Å². The van der Waals surface area contributed by atoms with Crippen LogP contribution in [-0.4, -0.2) is 19.4 Å². The van der Waals surface area contributed by atoms with Gasteiger partial charge in [0.05, 0.1) is 23.8 Å². The van der Waals surface area contributed by atoms with E-state index in [2.05, 4.69) is 10.3 Å². The molecular formula is C9H14ClN2O2PS2. The summed E-state index contributed by atoms with van der Waals surface area (Å²) in [5, 5.41) is 6.81. The Balaban J connectivity index is 2.57. The van der Waals surface area contributed by atoms with Gasteiger partial charge in [0, 0.05) is 4.88 Å². The summed E-state index contributed by atoms with van der Waals surface area (Å²) in [6, 6.07) is 3.69. The molecule has 1 heterocycles. The van der Waals surface area contributed by atoms with Gasteiger partial charge in [-0.15, -0.1) is 11.3 Å². The molecule has 0 aliphatic carbocycles.